The fourth-order valence-electron chi connectivity index (χ4n) is 5.55. The van der Waals surface area contributed by atoms with Gasteiger partial charge in [0.05, 0.1) is 41.1 Å². The molecule has 4 N–H and O–H groups in total. The van der Waals surface area contributed by atoms with Crippen LogP contribution >= 0.6 is 24.0 Å². The number of hydrogen-bond acceptors (Lipinski definition) is 11. The van der Waals surface area contributed by atoms with Crippen LogP contribution in [0.2, 0.25) is 5.02 Å². The first-order chi connectivity index (χ1) is 23.9. The predicted molar refractivity (Wildman–Crippen MR) is 200 cm³/mol. The number of anilines is 3. The molecule has 1 aliphatic rings. The molecule has 13 nitrogen and oxygen atoms in total. The molecule has 0 aliphatic carbocycles. The zero-order valence-electron chi connectivity index (χ0n) is 29.5. The molecule has 3 amide bonds. The molecule has 15 heteroatoms. The highest BCUT2D eigenvalue weighted by atomic mass is 35.5. The van der Waals surface area contributed by atoms with Crippen LogP contribution < -0.4 is 35.6 Å². The Labute approximate surface area is 308 Å². The van der Waals surface area contributed by atoms with E-state index in [2.05, 4.69) is 36.2 Å². The molecule has 0 radical (unpaired) electrons. The molecule has 272 valence electrons. The van der Waals surface area contributed by atoms with Crippen molar-refractivity contribution in [3.8, 4) is 11.5 Å². The van der Waals surface area contributed by atoms with Crippen LogP contribution in [0.5, 0.6) is 11.5 Å². The molecule has 5 rings (SSSR count). The average Bonchev–Trinajstić information content (AvgIpc) is 3.65. The Hall–Kier alpha value is -4.56. The molecule has 1 saturated heterocycles. The van der Waals surface area contributed by atoms with E-state index >= 15 is 0 Å². The standard InChI is InChI=1S/C36H43ClN8O5.ClH/c1-21(38-5)33(46)44-31(36(2,3)4)35(48)45(34(47)26-11-9-15-40-26)28-17-24-27(18-30(28)49-6)41-20-42-32(24)43-22-12-13-29(25(37)16-22)50-19-23-10-7-8-14-39-23;/h7-8,10,12-14,16-18,20-21,26,31,38,40H,9,11,15,19H2,1-6H3,(H,44,46)(H,41,42,43);1H/t21-,26-,31+;/m0./s1. The average molecular weight is 740 g/mol. The molecule has 3 atom stereocenters. The third kappa shape index (κ3) is 9.22. The molecule has 2 aromatic carbocycles. The number of pyridine rings is 1. The summed E-state index contributed by atoms with van der Waals surface area (Å²) < 4.78 is 11.6. The highest BCUT2D eigenvalue weighted by Crippen LogP contribution is 2.38. The Balaban J connectivity index is 0.00000583. The van der Waals surface area contributed by atoms with Crippen LogP contribution in [-0.4, -0.2) is 71.5 Å². The minimum Gasteiger partial charge on any atom is -0.494 e. The molecule has 0 saturated carbocycles. The van der Waals surface area contributed by atoms with Gasteiger partial charge in [0.25, 0.3) is 11.8 Å². The lowest BCUT2D eigenvalue weighted by molar-refractivity contribution is -0.134. The molecule has 0 unspecified atom stereocenters. The van der Waals surface area contributed by atoms with E-state index in [4.69, 9.17) is 21.1 Å². The maximum atomic E-state index is 14.6. The van der Waals surface area contributed by atoms with Gasteiger partial charge in [0.2, 0.25) is 5.91 Å². The van der Waals surface area contributed by atoms with Crippen molar-refractivity contribution >= 4 is 69.8 Å². The van der Waals surface area contributed by atoms with Gasteiger partial charge in [-0.3, -0.25) is 19.4 Å². The van der Waals surface area contributed by atoms with Crippen LogP contribution in [0.25, 0.3) is 10.9 Å². The molecule has 2 aromatic heterocycles. The number of carbonyl (C=O) groups is 3. The number of carbonyl (C=O) groups excluding carboxylic acids is 3. The van der Waals surface area contributed by atoms with E-state index in [-0.39, 0.29) is 36.4 Å². The van der Waals surface area contributed by atoms with E-state index in [0.29, 0.717) is 46.1 Å². The van der Waals surface area contributed by atoms with Gasteiger partial charge in [-0.2, -0.15) is 0 Å². The van der Waals surface area contributed by atoms with E-state index in [1.54, 1.807) is 50.5 Å². The Morgan fingerprint density at radius 2 is 1.86 bits per heavy atom. The fourth-order valence-corrected chi connectivity index (χ4v) is 5.79. The van der Waals surface area contributed by atoms with Gasteiger partial charge in [0, 0.05) is 23.3 Å². The molecule has 3 heterocycles. The molecule has 51 heavy (non-hydrogen) atoms. The normalized spacial score (nSPS) is 15.3. The number of methoxy groups -OCH3 is 1. The van der Waals surface area contributed by atoms with Crippen molar-refractivity contribution in [1.29, 1.82) is 0 Å². The highest BCUT2D eigenvalue weighted by Gasteiger charge is 2.42. The number of likely N-dealkylation sites (N-methyl/N-ethyl adjacent to an activating group) is 1. The van der Waals surface area contributed by atoms with Gasteiger partial charge in [0.15, 0.2) is 0 Å². The molecular formula is C36H44Cl2N8O5. The zero-order valence-corrected chi connectivity index (χ0v) is 31.0. The lowest BCUT2D eigenvalue weighted by atomic mass is 9.85. The number of benzene rings is 2. The Morgan fingerprint density at radius 3 is 2.49 bits per heavy atom. The van der Waals surface area contributed by atoms with Crippen molar-refractivity contribution < 1.29 is 23.9 Å². The van der Waals surface area contributed by atoms with Crippen molar-refractivity contribution in [2.75, 3.05) is 30.9 Å². The van der Waals surface area contributed by atoms with Crippen molar-refractivity contribution in [1.82, 2.24) is 30.9 Å². The summed E-state index contributed by atoms with van der Waals surface area (Å²) in [4.78, 5) is 56.3. The molecule has 1 fully saturated rings. The van der Waals surface area contributed by atoms with Crippen LogP contribution in [0.15, 0.2) is 61.1 Å². The number of hydrogen-bond donors (Lipinski definition) is 4. The van der Waals surface area contributed by atoms with E-state index in [1.807, 2.05) is 39.0 Å². The second kappa shape index (κ2) is 17.1. The second-order valence-electron chi connectivity index (χ2n) is 13.1. The molecule has 4 aromatic rings. The summed E-state index contributed by atoms with van der Waals surface area (Å²) in [7, 11) is 3.12. The summed E-state index contributed by atoms with van der Waals surface area (Å²) in [6, 6.07) is 11.9. The van der Waals surface area contributed by atoms with Gasteiger partial charge >= 0.3 is 0 Å². The maximum Gasteiger partial charge on any atom is 0.257 e. The maximum absolute atomic E-state index is 14.6. The number of imide groups is 1. The number of aromatic nitrogens is 3. The van der Waals surface area contributed by atoms with Crippen LogP contribution in [-0.2, 0) is 21.0 Å². The van der Waals surface area contributed by atoms with Gasteiger partial charge < -0.3 is 30.7 Å². The van der Waals surface area contributed by atoms with Crippen LogP contribution in [0.3, 0.4) is 0 Å². The Bertz CT molecular complexity index is 1850. The molecule has 0 bridgehead atoms. The molecule has 1 aliphatic heterocycles. The summed E-state index contributed by atoms with van der Waals surface area (Å²) in [5.74, 6) is -0.273. The van der Waals surface area contributed by atoms with Gasteiger partial charge in [-0.15, -0.1) is 12.4 Å². The lowest BCUT2D eigenvalue weighted by Crippen LogP contribution is -2.60. The predicted octanol–water partition coefficient (Wildman–Crippen LogP) is 5.18. The molecular weight excluding hydrogens is 695 g/mol. The van der Waals surface area contributed by atoms with E-state index in [1.165, 1.54) is 13.4 Å². The third-order valence-corrected chi connectivity index (χ3v) is 8.79. The molecule has 0 spiro atoms. The van der Waals surface area contributed by atoms with Crippen molar-refractivity contribution in [3.05, 3.63) is 71.8 Å². The Kier molecular flexibility index (Phi) is 13.2. The van der Waals surface area contributed by atoms with E-state index in [9.17, 15) is 14.4 Å². The van der Waals surface area contributed by atoms with Crippen LogP contribution in [0.1, 0.15) is 46.2 Å². The number of rotatable bonds is 12. The zero-order chi connectivity index (χ0) is 36.0. The number of nitrogens with one attached hydrogen (secondary N) is 4. The monoisotopic (exact) mass is 738 g/mol. The summed E-state index contributed by atoms with van der Waals surface area (Å²) in [5, 5.41) is 13.2. The van der Waals surface area contributed by atoms with Gasteiger partial charge in [-0.25, -0.2) is 14.9 Å². The minimum atomic E-state index is -1.05. The number of halogens is 2. The third-order valence-electron chi connectivity index (χ3n) is 8.50. The quantitative estimate of drug-likeness (QED) is 0.152. The van der Waals surface area contributed by atoms with Crippen molar-refractivity contribution in [3.63, 3.8) is 0 Å². The number of ether oxygens (including phenoxy) is 2. The Morgan fingerprint density at radius 1 is 1.08 bits per heavy atom. The summed E-state index contributed by atoms with van der Waals surface area (Å²) in [5.41, 5.74) is 1.33. The SMILES string of the molecule is CN[C@@H](C)C(=O)N[C@H](C(=O)N(C(=O)[C@@H]1CCCN1)c1cc2c(Nc3ccc(OCc4ccccn4)c(Cl)c3)ncnc2cc1OC)C(C)(C)C.Cl. The van der Waals surface area contributed by atoms with Crippen LogP contribution in [0.4, 0.5) is 17.2 Å². The van der Waals surface area contributed by atoms with Gasteiger partial charge in [-0.05, 0) is 75.2 Å². The van der Waals surface area contributed by atoms with Gasteiger partial charge in [0.1, 0.15) is 36.3 Å². The highest BCUT2D eigenvalue weighted by molar-refractivity contribution is 6.32. The number of fused-ring (bicyclic) bond motifs is 1. The second-order valence-corrected chi connectivity index (χ2v) is 13.5. The first kappa shape index (κ1) is 39.2. The van der Waals surface area contributed by atoms with Crippen LogP contribution in [0, 0.1) is 5.41 Å². The number of amides is 3. The fraction of sp³-hybridized carbons (Fsp3) is 0.389. The van der Waals surface area contributed by atoms with Crippen molar-refractivity contribution in [2.24, 2.45) is 5.41 Å². The smallest absolute Gasteiger partial charge is 0.257 e. The summed E-state index contributed by atoms with van der Waals surface area (Å²) >= 11 is 6.59. The van der Waals surface area contributed by atoms with E-state index in [0.717, 1.165) is 17.0 Å². The first-order valence-electron chi connectivity index (χ1n) is 16.4. The van der Waals surface area contributed by atoms with Gasteiger partial charge in [-0.1, -0.05) is 38.4 Å². The first-order valence-corrected chi connectivity index (χ1v) is 16.8. The lowest BCUT2D eigenvalue weighted by Gasteiger charge is -2.36. The van der Waals surface area contributed by atoms with E-state index < -0.39 is 35.4 Å². The summed E-state index contributed by atoms with van der Waals surface area (Å²) in [6.07, 6.45) is 4.44. The summed E-state index contributed by atoms with van der Waals surface area (Å²) in [6.45, 7) is 8.11. The van der Waals surface area contributed by atoms with Crippen molar-refractivity contribution in [2.45, 2.75) is 65.3 Å². The minimum absolute atomic E-state index is 0. The number of nitrogens with zero attached hydrogens (tertiary/aromatic N) is 4. The topological polar surface area (TPSA) is 160 Å². The largest absolute Gasteiger partial charge is 0.494 e.